The third kappa shape index (κ3) is 2.81. The molecule has 0 bridgehead atoms. The lowest BCUT2D eigenvalue weighted by Gasteiger charge is -2.29. The Kier molecular flexibility index (Phi) is 3.97. The zero-order valence-electron chi connectivity index (χ0n) is 12.3. The van der Waals surface area contributed by atoms with E-state index in [4.69, 9.17) is 4.74 Å². The summed E-state index contributed by atoms with van der Waals surface area (Å²) in [5.41, 5.74) is 2.16. The van der Waals surface area contributed by atoms with Crippen LogP contribution in [0.2, 0.25) is 0 Å². The van der Waals surface area contributed by atoms with Crippen LogP contribution < -0.4 is 9.04 Å². The Morgan fingerprint density at radius 2 is 1.81 bits per heavy atom. The molecule has 0 aliphatic carbocycles. The van der Waals surface area contributed by atoms with Crippen LogP contribution in [0, 0.1) is 0 Å². The van der Waals surface area contributed by atoms with Gasteiger partial charge in [-0.15, -0.1) is 0 Å². The summed E-state index contributed by atoms with van der Waals surface area (Å²) in [6.45, 7) is 5.51. The number of benzene rings is 2. The van der Waals surface area contributed by atoms with Crippen molar-refractivity contribution in [3.05, 3.63) is 54.1 Å². The fourth-order valence-electron chi connectivity index (χ4n) is 2.41. The molecule has 2 aromatic carbocycles. The topological polar surface area (TPSA) is 29.5 Å². The zero-order valence-corrected chi connectivity index (χ0v) is 13.1. The molecule has 0 radical (unpaired) electrons. The summed E-state index contributed by atoms with van der Waals surface area (Å²) in [6.07, 6.45) is 0. The molecule has 21 heavy (non-hydrogen) atoms. The Hall–Kier alpha value is -1.81. The lowest BCUT2D eigenvalue weighted by atomic mass is 10.0. The van der Waals surface area contributed by atoms with Crippen molar-refractivity contribution in [2.45, 2.75) is 24.7 Å². The van der Waals surface area contributed by atoms with Gasteiger partial charge in [-0.25, -0.2) is 4.21 Å². The number of rotatable bonds is 3. The highest BCUT2D eigenvalue weighted by molar-refractivity contribution is 7.86. The average Bonchev–Trinajstić information content (AvgIpc) is 2.53. The van der Waals surface area contributed by atoms with Crippen molar-refractivity contribution < 1.29 is 8.95 Å². The van der Waals surface area contributed by atoms with Crippen molar-refractivity contribution in [1.82, 2.24) is 0 Å². The van der Waals surface area contributed by atoms with E-state index in [1.54, 1.807) is 0 Å². The highest BCUT2D eigenvalue weighted by Crippen LogP contribution is 2.33. The second-order valence-corrected chi connectivity index (χ2v) is 6.80. The van der Waals surface area contributed by atoms with Crippen molar-refractivity contribution in [2.75, 3.05) is 17.5 Å². The maximum atomic E-state index is 12.8. The average molecular weight is 301 g/mol. The standard InChI is InChI=1S/C17H19NO2S/c1-13(2)14-7-9-15(10-8-14)21(19)18-11-12-20-17-6-4-3-5-16(17)18/h3-10,13H,11-12H2,1-2H3. The van der Waals surface area contributed by atoms with Gasteiger partial charge < -0.3 is 4.74 Å². The summed E-state index contributed by atoms with van der Waals surface area (Å²) < 4.78 is 20.3. The normalized spacial score (nSPS) is 15.5. The Balaban J connectivity index is 1.89. The van der Waals surface area contributed by atoms with Crippen molar-refractivity contribution in [3.63, 3.8) is 0 Å². The molecule has 0 fully saturated rings. The number of nitrogens with zero attached hydrogens (tertiary/aromatic N) is 1. The van der Waals surface area contributed by atoms with Crippen LogP contribution in [0.4, 0.5) is 5.69 Å². The summed E-state index contributed by atoms with van der Waals surface area (Å²) >= 11 is 0. The summed E-state index contributed by atoms with van der Waals surface area (Å²) in [6, 6.07) is 15.8. The van der Waals surface area contributed by atoms with Gasteiger partial charge in [0.2, 0.25) is 0 Å². The fourth-order valence-corrected chi connectivity index (χ4v) is 3.61. The van der Waals surface area contributed by atoms with Crippen LogP contribution >= 0.6 is 0 Å². The van der Waals surface area contributed by atoms with E-state index in [-0.39, 0.29) is 0 Å². The number of para-hydroxylation sites is 2. The van der Waals surface area contributed by atoms with Gasteiger partial charge in [0.1, 0.15) is 12.4 Å². The maximum Gasteiger partial charge on any atom is 0.153 e. The van der Waals surface area contributed by atoms with E-state index in [1.165, 1.54) is 5.56 Å². The minimum absolute atomic E-state index is 0.483. The predicted molar refractivity (Wildman–Crippen MR) is 86.2 cm³/mol. The van der Waals surface area contributed by atoms with E-state index in [1.807, 2.05) is 40.7 Å². The molecular formula is C17H19NO2S. The number of anilines is 1. The molecule has 0 N–H and O–H groups in total. The molecule has 4 heteroatoms. The first-order chi connectivity index (χ1) is 10.2. The van der Waals surface area contributed by atoms with Crippen LogP contribution in [0.1, 0.15) is 25.3 Å². The van der Waals surface area contributed by atoms with Gasteiger partial charge in [-0.3, -0.25) is 4.31 Å². The van der Waals surface area contributed by atoms with Crippen molar-refractivity contribution in [3.8, 4) is 5.75 Å². The maximum absolute atomic E-state index is 12.8. The summed E-state index contributed by atoms with van der Waals surface area (Å²) in [5, 5.41) is 0. The largest absolute Gasteiger partial charge is 0.489 e. The molecule has 2 aromatic rings. The van der Waals surface area contributed by atoms with E-state index in [0.717, 1.165) is 16.3 Å². The zero-order chi connectivity index (χ0) is 14.8. The van der Waals surface area contributed by atoms with Gasteiger partial charge >= 0.3 is 0 Å². The molecular weight excluding hydrogens is 282 g/mol. The molecule has 1 atom stereocenters. The molecule has 0 saturated heterocycles. The van der Waals surface area contributed by atoms with Gasteiger partial charge in [0.15, 0.2) is 11.0 Å². The fraction of sp³-hybridized carbons (Fsp3) is 0.294. The molecule has 1 aliphatic rings. The Morgan fingerprint density at radius 3 is 2.52 bits per heavy atom. The van der Waals surface area contributed by atoms with Crippen LogP contribution in [-0.2, 0) is 11.0 Å². The molecule has 0 saturated carbocycles. The van der Waals surface area contributed by atoms with Crippen molar-refractivity contribution >= 4 is 16.7 Å². The van der Waals surface area contributed by atoms with Crippen LogP contribution in [0.5, 0.6) is 5.75 Å². The SMILES string of the molecule is CC(C)c1ccc(S(=O)N2CCOc3ccccc32)cc1. The first kappa shape index (κ1) is 14.1. The van der Waals surface area contributed by atoms with Gasteiger partial charge in [-0.05, 0) is 35.7 Å². The summed E-state index contributed by atoms with van der Waals surface area (Å²) in [5.74, 6) is 1.28. The molecule has 0 spiro atoms. The molecule has 3 nitrogen and oxygen atoms in total. The van der Waals surface area contributed by atoms with E-state index >= 15 is 0 Å². The van der Waals surface area contributed by atoms with Crippen LogP contribution in [0.3, 0.4) is 0 Å². The molecule has 0 aromatic heterocycles. The Bertz CT molecular complexity index is 652. The number of fused-ring (bicyclic) bond motifs is 1. The number of hydrogen-bond donors (Lipinski definition) is 0. The lowest BCUT2D eigenvalue weighted by Crippen LogP contribution is -2.34. The minimum atomic E-state index is -1.20. The number of hydrogen-bond acceptors (Lipinski definition) is 2. The van der Waals surface area contributed by atoms with Crippen LogP contribution in [0.15, 0.2) is 53.4 Å². The van der Waals surface area contributed by atoms with Gasteiger partial charge in [-0.1, -0.05) is 38.1 Å². The second kappa shape index (κ2) is 5.90. The molecule has 3 rings (SSSR count). The second-order valence-electron chi connectivity index (χ2n) is 5.39. The molecule has 110 valence electrons. The highest BCUT2D eigenvalue weighted by atomic mass is 32.2. The minimum Gasteiger partial charge on any atom is -0.489 e. The van der Waals surface area contributed by atoms with Crippen molar-refractivity contribution in [2.24, 2.45) is 0 Å². The molecule has 1 heterocycles. The monoisotopic (exact) mass is 301 g/mol. The summed E-state index contributed by atoms with van der Waals surface area (Å²) in [4.78, 5) is 0.830. The third-order valence-corrected chi connectivity index (χ3v) is 5.09. The van der Waals surface area contributed by atoms with E-state index in [0.29, 0.717) is 19.1 Å². The number of ether oxygens (including phenoxy) is 1. The first-order valence-electron chi connectivity index (χ1n) is 7.18. The molecule has 0 amide bonds. The quantitative estimate of drug-likeness (QED) is 0.864. The van der Waals surface area contributed by atoms with Gasteiger partial charge in [0.05, 0.1) is 17.1 Å². The Labute approximate surface area is 128 Å². The van der Waals surface area contributed by atoms with E-state index in [2.05, 4.69) is 26.0 Å². The van der Waals surface area contributed by atoms with Crippen molar-refractivity contribution in [1.29, 1.82) is 0 Å². The van der Waals surface area contributed by atoms with E-state index < -0.39 is 11.0 Å². The molecule has 1 unspecified atom stereocenters. The van der Waals surface area contributed by atoms with Crippen LogP contribution in [0.25, 0.3) is 0 Å². The van der Waals surface area contributed by atoms with Crippen LogP contribution in [-0.4, -0.2) is 17.4 Å². The smallest absolute Gasteiger partial charge is 0.153 e. The van der Waals surface area contributed by atoms with Gasteiger partial charge in [0, 0.05) is 0 Å². The summed E-state index contributed by atoms with van der Waals surface area (Å²) in [7, 11) is -1.20. The first-order valence-corrected chi connectivity index (χ1v) is 8.28. The molecule has 1 aliphatic heterocycles. The van der Waals surface area contributed by atoms with Gasteiger partial charge in [0.25, 0.3) is 0 Å². The van der Waals surface area contributed by atoms with E-state index in [9.17, 15) is 4.21 Å². The van der Waals surface area contributed by atoms with Gasteiger partial charge in [-0.2, -0.15) is 0 Å². The predicted octanol–water partition coefficient (Wildman–Crippen LogP) is 3.73. The Morgan fingerprint density at radius 1 is 1.10 bits per heavy atom. The highest BCUT2D eigenvalue weighted by Gasteiger charge is 2.23. The third-order valence-electron chi connectivity index (χ3n) is 3.63. The lowest BCUT2D eigenvalue weighted by molar-refractivity contribution is 0.317.